The molecular weight excluding hydrogens is 589 g/mol. The fraction of sp³-hybridized carbons (Fsp3) is 0.0800. The number of benzene rings is 2. The number of hydrogen-bond acceptors (Lipinski definition) is 8. The molecule has 12 nitrogen and oxygen atoms in total. The monoisotopic (exact) mass is 608 g/mol. The maximum Gasteiger partial charge on any atom is 0.524 e. The van der Waals surface area contributed by atoms with Gasteiger partial charge in [0.2, 0.25) is 0 Å². The highest BCUT2D eigenvalue weighted by Gasteiger charge is 2.23. The highest BCUT2D eigenvalue weighted by Crippen LogP contribution is 2.39. The van der Waals surface area contributed by atoms with E-state index in [9.17, 15) is 22.9 Å². The van der Waals surface area contributed by atoms with E-state index in [1.54, 1.807) is 6.92 Å². The molecule has 2 aromatic heterocycles. The van der Waals surface area contributed by atoms with Crippen LogP contribution in [0.3, 0.4) is 0 Å². The number of amides is 1. The number of nitrogens with one attached hydrogen (secondary N) is 1. The lowest BCUT2D eigenvalue weighted by Gasteiger charge is -2.15. The summed E-state index contributed by atoms with van der Waals surface area (Å²) in [5.41, 5.74) is 4.07. The Morgan fingerprint density at radius 1 is 1.07 bits per heavy atom. The number of nitrogen functional groups attached to an aromatic ring is 1. The van der Waals surface area contributed by atoms with Crippen molar-refractivity contribution in [3.63, 3.8) is 0 Å². The summed E-state index contributed by atoms with van der Waals surface area (Å²) in [7, 11) is -5.12. The highest BCUT2D eigenvalue weighted by atomic mass is 35.5. The number of nitrogens with zero attached hydrogens (tertiary/aromatic N) is 2. The molecule has 5 N–H and O–H groups in total. The van der Waals surface area contributed by atoms with Gasteiger partial charge in [-0.15, -0.1) is 0 Å². The molecule has 214 valence electrons. The van der Waals surface area contributed by atoms with Gasteiger partial charge in [-0.25, -0.2) is 18.3 Å². The van der Waals surface area contributed by atoms with Crippen LogP contribution in [0.5, 0.6) is 23.0 Å². The van der Waals surface area contributed by atoms with E-state index in [-0.39, 0.29) is 46.1 Å². The molecule has 2 aromatic carbocycles. The Hall–Kier alpha value is -4.49. The Morgan fingerprint density at radius 2 is 1.83 bits per heavy atom. The van der Waals surface area contributed by atoms with E-state index in [4.69, 9.17) is 36.6 Å². The Labute approximate surface area is 235 Å². The zero-order valence-corrected chi connectivity index (χ0v) is 22.5. The van der Waals surface area contributed by atoms with Gasteiger partial charge >= 0.3 is 7.82 Å². The molecule has 2 heterocycles. The lowest BCUT2D eigenvalue weighted by molar-refractivity contribution is 0.102. The van der Waals surface area contributed by atoms with Crippen LogP contribution >= 0.6 is 19.4 Å². The fourth-order valence-corrected chi connectivity index (χ4v) is 4.09. The second kappa shape index (κ2) is 11.9. The lowest BCUT2D eigenvalue weighted by Crippen LogP contribution is -2.29. The zero-order valence-electron chi connectivity index (χ0n) is 20.9. The third-order valence-electron chi connectivity index (χ3n) is 5.28. The maximum absolute atomic E-state index is 14.8. The second-order valence-electron chi connectivity index (χ2n) is 8.07. The molecule has 0 unspecified atom stereocenters. The lowest BCUT2D eigenvalue weighted by atomic mass is 10.2. The summed E-state index contributed by atoms with van der Waals surface area (Å²) in [5, 5.41) is 2.39. The van der Waals surface area contributed by atoms with Crippen LogP contribution in [0.4, 0.5) is 20.3 Å². The van der Waals surface area contributed by atoms with Gasteiger partial charge in [-0.3, -0.25) is 23.9 Å². The van der Waals surface area contributed by atoms with Crippen LogP contribution in [-0.4, -0.2) is 31.9 Å². The predicted molar refractivity (Wildman–Crippen MR) is 144 cm³/mol. The van der Waals surface area contributed by atoms with Gasteiger partial charge in [0.1, 0.15) is 22.2 Å². The van der Waals surface area contributed by atoms with Gasteiger partial charge in [0.05, 0.1) is 12.3 Å². The van der Waals surface area contributed by atoms with E-state index in [0.29, 0.717) is 0 Å². The quantitative estimate of drug-likeness (QED) is 0.196. The first kappa shape index (κ1) is 29.5. The van der Waals surface area contributed by atoms with Crippen LogP contribution in [0, 0.1) is 11.6 Å². The summed E-state index contributed by atoms with van der Waals surface area (Å²) in [4.78, 5) is 48.4. The van der Waals surface area contributed by atoms with E-state index in [1.165, 1.54) is 36.7 Å². The average molecular weight is 609 g/mol. The molecule has 0 aliphatic carbocycles. The van der Waals surface area contributed by atoms with E-state index in [1.807, 2.05) is 0 Å². The predicted octanol–water partition coefficient (Wildman–Crippen LogP) is 4.66. The number of pyridine rings is 2. The highest BCUT2D eigenvalue weighted by molar-refractivity contribution is 7.46. The van der Waals surface area contributed by atoms with Gasteiger partial charge in [0, 0.05) is 36.3 Å². The van der Waals surface area contributed by atoms with Gasteiger partial charge in [-0.1, -0.05) is 11.6 Å². The molecule has 0 radical (unpaired) electrons. The SMILES string of the molecule is CCOc1ccn(-c2ccc(F)c(OP(=O)(O)O)c2)c(=O)c1C(=O)Nc1ccc(Oc2ccnc(N)c2Cl)c(F)c1. The summed E-state index contributed by atoms with van der Waals surface area (Å²) in [6, 6.07) is 8.95. The van der Waals surface area contributed by atoms with E-state index >= 15 is 0 Å². The van der Waals surface area contributed by atoms with Crippen molar-refractivity contribution in [3.8, 4) is 28.7 Å². The maximum atomic E-state index is 14.8. The Kier molecular flexibility index (Phi) is 8.59. The van der Waals surface area contributed by atoms with Crippen LogP contribution < -0.4 is 30.6 Å². The minimum atomic E-state index is -5.12. The fourth-order valence-electron chi connectivity index (χ4n) is 3.54. The van der Waals surface area contributed by atoms with Crippen molar-refractivity contribution in [2.24, 2.45) is 0 Å². The second-order valence-corrected chi connectivity index (χ2v) is 9.61. The molecule has 0 spiro atoms. The van der Waals surface area contributed by atoms with Crippen molar-refractivity contribution in [2.45, 2.75) is 6.92 Å². The summed E-state index contributed by atoms with van der Waals surface area (Å²) >= 11 is 6.02. The van der Waals surface area contributed by atoms with Gasteiger partial charge in [0.25, 0.3) is 11.5 Å². The molecule has 0 atom stereocenters. The topological polar surface area (TPSA) is 175 Å². The summed E-state index contributed by atoms with van der Waals surface area (Å²) in [6.45, 7) is 1.71. The van der Waals surface area contributed by atoms with Crippen molar-refractivity contribution in [1.29, 1.82) is 0 Å². The summed E-state index contributed by atoms with van der Waals surface area (Å²) < 4.78 is 56.2. The molecule has 16 heteroatoms. The third kappa shape index (κ3) is 6.81. The Balaban J connectivity index is 1.66. The first-order valence-corrected chi connectivity index (χ1v) is 13.4. The van der Waals surface area contributed by atoms with Crippen molar-refractivity contribution >= 4 is 36.8 Å². The molecule has 0 fully saturated rings. The number of ether oxygens (including phenoxy) is 2. The van der Waals surface area contributed by atoms with E-state index in [0.717, 1.165) is 28.8 Å². The summed E-state index contributed by atoms with van der Waals surface area (Å²) in [5.74, 6) is -4.08. The van der Waals surface area contributed by atoms with Crippen LogP contribution in [0.1, 0.15) is 17.3 Å². The van der Waals surface area contributed by atoms with E-state index in [2.05, 4.69) is 14.8 Å². The van der Waals surface area contributed by atoms with Gasteiger partial charge < -0.3 is 25.0 Å². The number of halogens is 3. The first-order chi connectivity index (χ1) is 19.4. The number of phosphoric acid groups is 1. The molecule has 1 amide bonds. The molecule has 4 aromatic rings. The summed E-state index contributed by atoms with van der Waals surface area (Å²) in [6.07, 6.45) is 2.53. The number of hydrogen-bond donors (Lipinski definition) is 4. The largest absolute Gasteiger partial charge is 0.524 e. The molecule has 0 aliphatic rings. The van der Waals surface area contributed by atoms with Crippen LogP contribution in [0.25, 0.3) is 5.69 Å². The number of anilines is 2. The Morgan fingerprint density at radius 3 is 2.51 bits per heavy atom. The molecule has 41 heavy (non-hydrogen) atoms. The number of carbonyl (C=O) groups excluding carboxylic acids is 1. The number of phosphoric ester groups is 1. The van der Waals surface area contributed by atoms with Crippen LogP contribution in [0.2, 0.25) is 5.02 Å². The molecule has 0 bridgehead atoms. The number of aromatic nitrogens is 2. The molecular formula is C25H20ClF2N4O8P. The van der Waals surface area contributed by atoms with Gasteiger partial charge in [-0.05, 0) is 37.3 Å². The van der Waals surface area contributed by atoms with Crippen LogP contribution in [0.15, 0.2) is 65.7 Å². The standard InChI is InChI=1S/C25H20ClF2N4O8P/c1-2-38-18-8-10-32(14-4-5-15(27)20(12-14)40-41(35,36)37)25(34)21(18)24(33)31-13-3-6-17(16(28)11-13)39-19-7-9-30-23(29)22(19)26/h3-12H,2H2,1H3,(H2,29,30)(H,31,33)(H2,35,36,37). The average Bonchev–Trinajstić information content (AvgIpc) is 2.89. The number of carbonyl (C=O) groups is 1. The third-order valence-corrected chi connectivity index (χ3v) is 6.10. The molecule has 0 saturated heterocycles. The molecule has 0 aliphatic heterocycles. The van der Waals surface area contributed by atoms with Crippen LogP contribution in [-0.2, 0) is 4.57 Å². The number of rotatable bonds is 9. The van der Waals surface area contributed by atoms with Crippen molar-refractivity contribution in [3.05, 3.63) is 93.5 Å². The minimum Gasteiger partial charge on any atom is -0.493 e. The van der Waals surface area contributed by atoms with Crippen molar-refractivity contribution in [2.75, 3.05) is 17.7 Å². The normalized spacial score (nSPS) is 11.2. The molecule has 4 rings (SSSR count). The zero-order chi connectivity index (χ0) is 29.9. The van der Waals surface area contributed by atoms with Gasteiger partial charge in [0.15, 0.2) is 28.9 Å². The van der Waals surface area contributed by atoms with Crippen molar-refractivity contribution in [1.82, 2.24) is 9.55 Å². The first-order valence-electron chi connectivity index (χ1n) is 11.5. The molecule has 0 saturated carbocycles. The smallest absolute Gasteiger partial charge is 0.493 e. The van der Waals surface area contributed by atoms with E-state index < -0.39 is 42.2 Å². The number of nitrogens with two attached hydrogens (primary N) is 1. The van der Waals surface area contributed by atoms with Crippen molar-refractivity contribution < 1.29 is 41.9 Å². The minimum absolute atomic E-state index is 0.0155. The van der Waals surface area contributed by atoms with Gasteiger partial charge in [-0.2, -0.15) is 0 Å². The Bertz CT molecular complexity index is 1750.